The number of nitrogens with zero attached hydrogens (tertiary/aromatic N) is 2. The fraction of sp³-hybridized carbons (Fsp3) is 0.625. The Balaban J connectivity index is 2.15. The van der Waals surface area contributed by atoms with Crippen molar-refractivity contribution in [3.63, 3.8) is 0 Å². The maximum atomic E-state index is 4.37. The molecule has 3 nitrogen and oxygen atoms in total. The largest absolute Gasteiger partial charge is 0.316 e. The van der Waals surface area contributed by atoms with E-state index in [1.165, 1.54) is 12.1 Å². The van der Waals surface area contributed by atoms with E-state index in [2.05, 4.69) is 16.5 Å². The van der Waals surface area contributed by atoms with Gasteiger partial charge in [-0.25, -0.2) is 0 Å². The summed E-state index contributed by atoms with van der Waals surface area (Å²) in [5, 5.41) is 7.70. The standard InChI is InChI=1S/C8H13N3/c1-11-5-3-8(10-11)7-2-4-9-6-7/h3,5,7,9H,2,4,6H2,1H3. The minimum Gasteiger partial charge on any atom is -0.316 e. The molecular weight excluding hydrogens is 138 g/mol. The lowest BCUT2D eigenvalue weighted by Gasteiger charge is -2.01. The Bertz CT molecular complexity index is 235. The van der Waals surface area contributed by atoms with Crippen LogP contribution in [0.1, 0.15) is 18.0 Å². The molecule has 1 fully saturated rings. The van der Waals surface area contributed by atoms with E-state index in [-0.39, 0.29) is 0 Å². The summed E-state index contributed by atoms with van der Waals surface area (Å²) in [6.07, 6.45) is 3.24. The molecule has 3 heteroatoms. The average molecular weight is 151 g/mol. The van der Waals surface area contributed by atoms with Crippen molar-refractivity contribution < 1.29 is 0 Å². The van der Waals surface area contributed by atoms with Crippen LogP contribution in [0.25, 0.3) is 0 Å². The minimum absolute atomic E-state index is 0.649. The first-order valence-corrected chi connectivity index (χ1v) is 4.06. The van der Waals surface area contributed by atoms with Crippen LogP contribution in [0.15, 0.2) is 12.3 Å². The van der Waals surface area contributed by atoms with Gasteiger partial charge in [-0.1, -0.05) is 0 Å². The van der Waals surface area contributed by atoms with Gasteiger partial charge in [0, 0.05) is 25.7 Å². The van der Waals surface area contributed by atoms with E-state index in [1.807, 2.05) is 17.9 Å². The maximum absolute atomic E-state index is 4.37. The van der Waals surface area contributed by atoms with Crippen molar-refractivity contribution in [3.8, 4) is 0 Å². The van der Waals surface area contributed by atoms with E-state index in [0.717, 1.165) is 13.1 Å². The zero-order valence-corrected chi connectivity index (χ0v) is 6.75. The molecule has 1 aliphatic heterocycles. The van der Waals surface area contributed by atoms with E-state index in [0.29, 0.717) is 5.92 Å². The molecule has 2 heterocycles. The molecule has 0 aliphatic carbocycles. The minimum atomic E-state index is 0.649. The van der Waals surface area contributed by atoms with E-state index in [4.69, 9.17) is 0 Å². The smallest absolute Gasteiger partial charge is 0.0668 e. The summed E-state index contributed by atoms with van der Waals surface area (Å²) in [6, 6.07) is 2.11. The molecule has 1 aromatic heterocycles. The molecule has 1 saturated heterocycles. The molecule has 1 aliphatic rings. The lowest BCUT2D eigenvalue weighted by Crippen LogP contribution is -2.08. The molecule has 11 heavy (non-hydrogen) atoms. The Morgan fingerprint density at radius 3 is 3.18 bits per heavy atom. The monoisotopic (exact) mass is 151 g/mol. The van der Waals surface area contributed by atoms with Crippen molar-refractivity contribution in [1.29, 1.82) is 0 Å². The third-order valence-corrected chi connectivity index (χ3v) is 2.21. The van der Waals surface area contributed by atoms with Gasteiger partial charge in [-0.05, 0) is 19.0 Å². The SMILES string of the molecule is Cn1ccc(C2CCNC2)n1. The van der Waals surface area contributed by atoms with Gasteiger partial charge in [0.2, 0.25) is 0 Å². The van der Waals surface area contributed by atoms with E-state index in [1.54, 1.807) is 0 Å². The Morgan fingerprint density at radius 2 is 2.64 bits per heavy atom. The summed E-state index contributed by atoms with van der Waals surface area (Å²) in [6.45, 7) is 2.23. The highest BCUT2D eigenvalue weighted by atomic mass is 15.2. The first kappa shape index (κ1) is 6.85. The third-order valence-electron chi connectivity index (χ3n) is 2.21. The van der Waals surface area contributed by atoms with Crippen LogP contribution in [0, 0.1) is 0 Å². The molecule has 1 N–H and O–H groups in total. The summed E-state index contributed by atoms with van der Waals surface area (Å²) in [5.41, 5.74) is 1.23. The highest BCUT2D eigenvalue weighted by Gasteiger charge is 2.17. The Hall–Kier alpha value is -0.830. The predicted molar refractivity (Wildman–Crippen MR) is 43.4 cm³/mol. The molecule has 2 rings (SSSR count). The van der Waals surface area contributed by atoms with Gasteiger partial charge in [-0.3, -0.25) is 4.68 Å². The summed E-state index contributed by atoms with van der Waals surface area (Å²) >= 11 is 0. The normalized spacial score (nSPS) is 24.3. The highest BCUT2D eigenvalue weighted by Crippen LogP contribution is 2.19. The molecule has 0 saturated carbocycles. The molecule has 0 aromatic carbocycles. The fourth-order valence-corrected chi connectivity index (χ4v) is 1.56. The molecule has 1 atom stereocenters. The van der Waals surface area contributed by atoms with Gasteiger partial charge in [0.25, 0.3) is 0 Å². The molecule has 1 aromatic rings. The van der Waals surface area contributed by atoms with Crippen LogP contribution in [-0.2, 0) is 7.05 Å². The summed E-state index contributed by atoms with van der Waals surface area (Å²) < 4.78 is 1.87. The van der Waals surface area contributed by atoms with Gasteiger partial charge in [0.1, 0.15) is 0 Å². The van der Waals surface area contributed by atoms with Crippen molar-refractivity contribution >= 4 is 0 Å². The van der Waals surface area contributed by atoms with Crippen LogP contribution in [-0.4, -0.2) is 22.9 Å². The second-order valence-corrected chi connectivity index (χ2v) is 3.10. The zero-order chi connectivity index (χ0) is 7.68. The van der Waals surface area contributed by atoms with Crippen LogP contribution in [0.5, 0.6) is 0 Å². The molecule has 0 bridgehead atoms. The average Bonchev–Trinajstić information content (AvgIpc) is 2.55. The Labute approximate surface area is 66.4 Å². The third kappa shape index (κ3) is 1.28. The van der Waals surface area contributed by atoms with Crippen LogP contribution < -0.4 is 5.32 Å². The van der Waals surface area contributed by atoms with Gasteiger partial charge in [-0.2, -0.15) is 5.10 Å². The van der Waals surface area contributed by atoms with Crippen molar-refractivity contribution in [1.82, 2.24) is 15.1 Å². The first-order valence-electron chi connectivity index (χ1n) is 4.06. The summed E-state index contributed by atoms with van der Waals surface area (Å²) in [7, 11) is 1.96. The van der Waals surface area contributed by atoms with Gasteiger partial charge in [0.05, 0.1) is 5.69 Å². The molecule has 0 spiro atoms. The molecular formula is C8H13N3. The van der Waals surface area contributed by atoms with Crippen LogP contribution >= 0.6 is 0 Å². The van der Waals surface area contributed by atoms with Gasteiger partial charge in [-0.15, -0.1) is 0 Å². The Morgan fingerprint density at radius 1 is 1.73 bits per heavy atom. The van der Waals surface area contributed by atoms with E-state index in [9.17, 15) is 0 Å². The second-order valence-electron chi connectivity index (χ2n) is 3.10. The van der Waals surface area contributed by atoms with Crippen molar-refractivity contribution in [2.24, 2.45) is 7.05 Å². The number of hydrogen-bond donors (Lipinski definition) is 1. The van der Waals surface area contributed by atoms with Crippen LogP contribution in [0.2, 0.25) is 0 Å². The van der Waals surface area contributed by atoms with Crippen LogP contribution in [0.3, 0.4) is 0 Å². The molecule has 0 amide bonds. The van der Waals surface area contributed by atoms with Crippen molar-refractivity contribution in [2.45, 2.75) is 12.3 Å². The second kappa shape index (κ2) is 2.66. The Kier molecular flexibility index (Phi) is 1.66. The highest BCUT2D eigenvalue weighted by molar-refractivity contribution is 5.08. The quantitative estimate of drug-likeness (QED) is 0.633. The maximum Gasteiger partial charge on any atom is 0.0668 e. The number of aromatic nitrogens is 2. The molecule has 0 radical (unpaired) electrons. The van der Waals surface area contributed by atoms with E-state index >= 15 is 0 Å². The van der Waals surface area contributed by atoms with E-state index < -0.39 is 0 Å². The fourth-order valence-electron chi connectivity index (χ4n) is 1.56. The predicted octanol–water partition coefficient (Wildman–Crippen LogP) is 0.497. The number of aryl methyl sites for hydroxylation is 1. The van der Waals surface area contributed by atoms with Crippen molar-refractivity contribution in [2.75, 3.05) is 13.1 Å². The van der Waals surface area contributed by atoms with Crippen molar-refractivity contribution in [3.05, 3.63) is 18.0 Å². The topological polar surface area (TPSA) is 29.9 Å². The number of hydrogen-bond acceptors (Lipinski definition) is 2. The summed E-state index contributed by atoms with van der Waals surface area (Å²) in [5.74, 6) is 0.649. The zero-order valence-electron chi connectivity index (χ0n) is 6.75. The lowest BCUT2D eigenvalue weighted by atomic mass is 10.1. The molecule has 1 unspecified atom stereocenters. The number of nitrogens with one attached hydrogen (secondary N) is 1. The first-order chi connectivity index (χ1) is 5.36. The number of rotatable bonds is 1. The lowest BCUT2D eigenvalue weighted by molar-refractivity contribution is 0.680. The van der Waals surface area contributed by atoms with Gasteiger partial charge in [0.15, 0.2) is 0 Å². The van der Waals surface area contributed by atoms with Gasteiger partial charge >= 0.3 is 0 Å². The van der Waals surface area contributed by atoms with Gasteiger partial charge < -0.3 is 5.32 Å². The van der Waals surface area contributed by atoms with Crippen LogP contribution in [0.4, 0.5) is 0 Å². The summed E-state index contributed by atoms with van der Waals surface area (Å²) in [4.78, 5) is 0. The molecule has 60 valence electrons.